The van der Waals surface area contributed by atoms with E-state index in [4.69, 9.17) is 0 Å². The Hall–Kier alpha value is -0.170. The molecule has 0 bridgehead atoms. The summed E-state index contributed by atoms with van der Waals surface area (Å²) in [5, 5.41) is 3.27. The molecule has 0 aromatic carbocycles. The molecule has 1 saturated heterocycles. The van der Waals surface area contributed by atoms with Gasteiger partial charge in [0.15, 0.2) is 0 Å². The third-order valence-electron chi connectivity index (χ3n) is 4.64. The minimum Gasteiger partial charge on any atom is -0.314 e. The maximum absolute atomic E-state index is 12.3. The van der Waals surface area contributed by atoms with Gasteiger partial charge in [0.05, 0.1) is 5.75 Å². The molecule has 5 nitrogen and oxygen atoms in total. The van der Waals surface area contributed by atoms with Crippen LogP contribution in [0.4, 0.5) is 0 Å². The second-order valence-corrected chi connectivity index (χ2v) is 8.74. The van der Waals surface area contributed by atoms with Crippen molar-refractivity contribution in [2.45, 2.75) is 58.0 Å². The highest BCUT2D eigenvalue weighted by Gasteiger charge is 2.30. The number of piperazine rings is 1. The van der Waals surface area contributed by atoms with Crippen LogP contribution in [-0.4, -0.2) is 68.2 Å². The zero-order chi connectivity index (χ0) is 15.3. The number of nitrogens with one attached hydrogen (secondary N) is 1. The highest BCUT2D eigenvalue weighted by molar-refractivity contribution is 7.89. The average molecular weight is 317 g/mol. The predicted octanol–water partition coefficient (Wildman–Crippen LogP) is 1.26. The lowest BCUT2D eigenvalue weighted by Crippen LogP contribution is -2.51. The maximum atomic E-state index is 12.3. The molecule has 1 aliphatic heterocycles. The molecule has 0 aromatic heterocycles. The Kier molecular flexibility index (Phi) is 6.47. The van der Waals surface area contributed by atoms with Crippen LogP contribution < -0.4 is 5.32 Å². The Morgan fingerprint density at radius 3 is 2.29 bits per heavy atom. The van der Waals surface area contributed by atoms with E-state index in [-0.39, 0.29) is 5.75 Å². The molecule has 1 saturated carbocycles. The SMILES string of the molecule is CC(C)NCCCS(=O)(=O)N1CCN(C2CCCC2)CC1. The molecule has 6 heteroatoms. The summed E-state index contributed by atoms with van der Waals surface area (Å²) in [6.45, 7) is 8.11. The largest absolute Gasteiger partial charge is 0.314 e. The number of nitrogens with zero attached hydrogens (tertiary/aromatic N) is 2. The molecule has 0 radical (unpaired) electrons. The second kappa shape index (κ2) is 7.90. The van der Waals surface area contributed by atoms with Gasteiger partial charge in [0.1, 0.15) is 0 Å². The quantitative estimate of drug-likeness (QED) is 0.718. The zero-order valence-electron chi connectivity index (χ0n) is 13.6. The van der Waals surface area contributed by atoms with Gasteiger partial charge in [0, 0.05) is 38.3 Å². The first-order valence-electron chi connectivity index (χ1n) is 8.44. The van der Waals surface area contributed by atoms with Crippen LogP contribution in [0.3, 0.4) is 0 Å². The van der Waals surface area contributed by atoms with Crippen LogP contribution in [0.5, 0.6) is 0 Å². The molecule has 0 spiro atoms. The minimum absolute atomic E-state index is 0.274. The van der Waals surface area contributed by atoms with Gasteiger partial charge in [-0.15, -0.1) is 0 Å². The number of sulfonamides is 1. The Morgan fingerprint density at radius 1 is 1.10 bits per heavy atom. The number of hydrogen-bond acceptors (Lipinski definition) is 4. The molecule has 2 fully saturated rings. The molecule has 1 N–H and O–H groups in total. The molecule has 0 atom stereocenters. The van der Waals surface area contributed by atoms with Crippen LogP contribution in [0.1, 0.15) is 46.0 Å². The van der Waals surface area contributed by atoms with Gasteiger partial charge in [0.2, 0.25) is 10.0 Å². The first-order valence-corrected chi connectivity index (χ1v) is 10.1. The van der Waals surface area contributed by atoms with Crippen molar-refractivity contribution in [3.63, 3.8) is 0 Å². The van der Waals surface area contributed by atoms with Crippen LogP contribution in [-0.2, 0) is 10.0 Å². The van der Waals surface area contributed by atoms with Gasteiger partial charge in [-0.1, -0.05) is 26.7 Å². The summed E-state index contributed by atoms with van der Waals surface area (Å²) >= 11 is 0. The lowest BCUT2D eigenvalue weighted by atomic mass is 10.2. The highest BCUT2D eigenvalue weighted by Crippen LogP contribution is 2.24. The van der Waals surface area contributed by atoms with Gasteiger partial charge in [-0.25, -0.2) is 8.42 Å². The summed E-state index contributed by atoms with van der Waals surface area (Å²) in [4.78, 5) is 2.50. The van der Waals surface area contributed by atoms with Gasteiger partial charge < -0.3 is 5.32 Å². The highest BCUT2D eigenvalue weighted by atomic mass is 32.2. The summed E-state index contributed by atoms with van der Waals surface area (Å²) in [5.41, 5.74) is 0. The van der Waals surface area contributed by atoms with E-state index in [0.717, 1.165) is 19.6 Å². The van der Waals surface area contributed by atoms with E-state index in [2.05, 4.69) is 24.1 Å². The van der Waals surface area contributed by atoms with Crippen LogP contribution in [0.15, 0.2) is 0 Å². The standard InChI is InChI=1S/C15H31N3O2S/c1-14(2)16-8-5-13-21(19,20)18-11-9-17(10-12-18)15-6-3-4-7-15/h14-16H,3-13H2,1-2H3. The molecular weight excluding hydrogens is 286 g/mol. The topological polar surface area (TPSA) is 52.7 Å². The van der Waals surface area contributed by atoms with Gasteiger partial charge in [-0.2, -0.15) is 4.31 Å². The Balaban J connectivity index is 1.72. The lowest BCUT2D eigenvalue weighted by Gasteiger charge is -2.37. The van der Waals surface area contributed by atoms with Gasteiger partial charge in [0.25, 0.3) is 0 Å². The van der Waals surface area contributed by atoms with E-state index in [0.29, 0.717) is 31.6 Å². The summed E-state index contributed by atoms with van der Waals surface area (Å²) in [7, 11) is -3.06. The zero-order valence-corrected chi connectivity index (χ0v) is 14.4. The van der Waals surface area contributed by atoms with Crippen LogP contribution >= 0.6 is 0 Å². The fourth-order valence-electron chi connectivity index (χ4n) is 3.39. The first kappa shape index (κ1) is 17.2. The van der Waals surface area contributed by atoms with Crippen LogP contribution in [0.25, 0.3) is 0 Å². The predicted molar refractivity (Wildman–Crippen MR) is 86.9 cm³/mol. The van der Waals surface area contributed by atoms with Crippen molar-refractivity contribution in [3.8, 4) is 0 Å². The minimum atomic E-state index is -3.06. The van der Waals surface area contributed by atoms with Crippen LogP contribution in [0.2, 0.25) is 0 Å². The third-order valence-corrected chi connectivity index (χ3v) is 6.60. The fraction of sp³-hybridized carbons (Fsp3) is 1.00. The van der Waals surface area contributed by atoms with Crippen molar-refractivity contribution >= 4 is 10.0 Å². The Bertz CT molecular complexity index is 397. The third kappa shape index (κ3) is 5.20. The molecule has 2 aliphatic rings. The average Bonchev–Trinajstić information content (AvgIpc) is 2.98. The van der Waals surface area contributed by atoms with E-state index in [9.17, 15) is 8.42 Å². The van der Waals surface area contributed by atoms with Crippen molar-refractivity contribution in [2.75, 3.05) is 38.5 Å². The molecule has 0 unspecified atom stereocenters. The monoisotopic (exact) mass is 317 g/mol. The van der Waals surface area contributed by atoms with Crippen LogP contribution in [0, 0.1) is 0 Å². The summed E-state index contributed by atoms with van der Waals surface area (Å²) in [5.74, 6) is 0.274. The van der Waals surface area contributed by atoms with E-state index in [1.807, 2.05) is 0 Å². The molecule has 2 rings (SSSR count). The van der Waals surface area contributed by atoms with Crippen molar-refractivity contribution in [1.82, 2.24) is 14.5 Å². The Morgan fingerprint density at radius 2 is 1.71 bits per heavy atom. The van der Waals surface area contributed by atoms with Crippen molar-refractivity contribution in [2.24, 2.45) is 0 Å². The summed E-state index contributed by atoms with van der Waals surface area (Å²) in [6, 6.07) is 1.13. The molecule has 0 amide bonds. The smallest absolute Gasteiger partial charge is 0.214 e. The van der Waals surface area contributed by atoms with E-state index in [1.54, 1.807) is 4.31 Å². The van der Waals surface area contributed by atoms with Crippen molar-refractivity contribution in [3.05, 3.63) is 0 Å². The molecule has 1 heterocycles. The fourth-order valence-corrected chi connectivity index (χ4v) is 4.88. The lowest BCUT2D eigenvalue weighted by molar-refractivity contribution is 0.139. The van der Waals surface area contributed by atoms with Gasteiger partial charge in [-0.3, -0.25) is 4.90 Å². The normalized spacial score (nSPS) is 23.2. The van der Waals surface area contributed by atoms with Gasteiger partial charge in [-0.05, 0) is 25.8 Å². The molecule has 124 valence electrons. The summed E-state index contributed by atoms with van der Waals surface area (Å²) in [6.07, 6.45) is 5.97. The number of rotatable bonds is 7. The van der Waals surface area contributed by atoms with Crippen molar-refractivity contribution in [1.29, 1.82) is 0 Å². The molecule has 21 heavy (non-hydrogen) atoms. The molecule has 0 aromatic rings. The Labute approximate surface area is 130 Å². The molecular formula is C15H31N3O2S. The van der Waals surface area contributed by atoms with Gasteiger partial charge >= 0.3 is 0 Å². The number of hydrogen-bond donors (Lipinski definition) is 1. The van der Waals surface area contributed by atoms with E-state index in [1.165, 1.54) is 25.7 Å². The summed E-state index contributed by atoms with van der Waals surface area (Å²) < 4.78 is 26.4. The van der Waals surface area contributed by atoms with E-state index < -0.39 is 10.0 Å². The second-order valence-electron chi connectivity index (χ2n) is 6.65. The van der Waals surface area contributed by atoms with Crippen molar-refractivity contribution < 1.29 is 8.42 Å². The van der Waals surface area contributed by atoms with E-state index >= 15 is 0 Å². The maximum Gasteiger partial charge on any atom is 0.214 e. The molecule has 1 aliphatic carbocycles. The first-order chi connectivity index (χ1) is 9.99.